The molecule has 0 spiro atoms. The van der Waals surface area contributed by atoms with E-state index in [2.05, 4.69) is 20.9 Å². The SMILES string of the molecule is CCOC(=O)C(C#N)=c1sc(=CNc2ccc(C(=O)NCCN3CCCC3)c(NC(=O)C(C)(C)C)c2)c(=O)n1CC. The van der Waals surface area contributed by atoms with Crippen LogP contribution in [0.3, 0.4) is 0 Å². The van der Waals surface area contributed by atoms with Gasteiger partial charge in [0.2, 0.25) is 5.91 Å². The lowest BCUT2D eigenvalue weighted by molar-refractivity contribution is -0.136. The van der Waals surface area contributed by atoms with Crippen LogP contribution in [0.1, 0.15) is 57.8 Å². The monoisotopic (exact) mass is 582 g/mol. The van der Waals surface area contributed by atoms with Crippen LogP contribution >= 0.6 is 11.3 Å². The van der Waals surface area contributed by atoms with Crippen molar-refractivity contribution in [3.8, 4) is 6.07 Å². The first-order valence-corrected chi connectivity index (χ1v) is 14.6. The molecule has 2 amide bonds. The fourth-order valence-electron chi connectivity index (χ4n) is 4.20. The second-order valence-corrected chi connectivity index (χ2v) is 11.6. The average molecular weight is 583 g/mol. The molecule has 0 radical (unpaired) electrons. The molecule has 1 aliphatic rings. The molecular weight excluding hydrogens is 544 g/mol. The van der Waals surface area contributed by atoms with Gasteiger partial charge < -0.3 is 25.6 Å². The maximum absolute atomic E-state index is 13.1. The lowest BCUT2D eigenvalue weighted by Gasteiger charge is -2.20. The second-order valence-electron chi connectivity index (χ2n) is 10.6. The van der Waals surface area contributed by atoms with Crippen LogP contribution in [0.2, 0.25) is 0 Å². The van der Waals surface area contributed by atoms with Crippen LogP contribution in [-0.4, -0.2) is 60.0 Å². The van der Waals surface area contributed by atoms with Crippen molar-refractivity contribution in [2.45, 2.75) is 54.0 Å². The predicted molar refractivity (Wildman–Crippen MR) is 160 cm³/mol. The average Bonchev–Trinajstić information content (AvgIpc) is 3.55. The highest BCUT2D eigenvalue weighted by molar-refractivity contribution is 7.07. The molecule has 2 heterocycles. The van der Waals surface area contributed by atoms with Gasteiger partial charge in [-0.2, -0.15) is 5.26 Å². The number of nitrogens with one attached hydrogen (secondary N) is 3. The first-order chi connectivity index (χ1) is 19.5. The maximum atomic E-state index is 13.1. The van der Waals surface area contributed by atoms with Gasteiger partial charge in [-0.05, 0) is 58.0 Å². The van der Waals surface area contributed by atoms with Crippen molar-refractivity contribution in [3.05, 3.63) is 43.3 Å². The van der Waals surface area contributed by atoms with E-state index < -0.39 is 11.4 Å². The molecular formula is C29H38N6O5S. The van der Waals surface area contributed by atoms with Crippen molar-refractivity contribution in [1.29, 1.82) is 5.26 Å². The molecule has 1 fully saturated rings. The number of esters is 1. The number of hydrogen-bond donors (Lipinski definition) is 3. The largest absolute Gasteiger partial charge is 0.462 e. The smallest absolute Gasteiger partial charge is 0.351 e. The minimum absolute atomic E-state index is 0.104. The number of thiazole rings is 1. The number of hydrogen-bond acceptors (Lipinski definition) is 9. The summed E-state index contributed by atoms with van der Waals surface area (Å²) < 4.78 is 6.80. The summed E-state index contributed by atoms with van der Waals surface area (Å²) in [5.41, 5.74) is -0.109. The highest BCUT2D eigenvalue weighted by Gasteiger charge is 2.24. The molecule has 1 aromatic heterocycles. The molecule has 3 rings (SSSR count). The first-order valence-electron chi connectivity index (χ1n) is 13.7. The minimum Gasteiger partial charge on any atom is -0.462 e. The van der Waals surface area contributed by atoms with Gasteiger partial charge in [0.15, 0.2) is 5.57 Å². The zero-order chi connectivity index (χ0) is 30.2. The third kappa shape index (κ3) is 8.05. The lowest BCUT2D eigenvalue weighted by Crippen LogP contribution is -2.34. The molecule has 1 aromatic carbocycles. The number of likely N-dealkylation sites (tertiary alicyclic amines) is 1. The molecule has 0 aliphatic carbocycles. The summed E-state index contributed by atoms with van der Waals surface area (Å²) in [6.45, 7) is 12.4. The topological polar surface area (TPSA) is 146 Å². The minimum atomic E-state index is -0.786. The Kier molecular flexibility index (Phi) is 10.9. The van der Waals surface area contributed by atoms with Crippen LogP contribution in [0.25, 0.3) is 11.8 Å². The summed E-state index contributed by atoms with van der Waals surface area (Å²) in [6, 6.07) is 6.78. The molecule has 11 nitrogen and oxygen atoms in total. The van der Waals surface area contributed by atoms with Crippen molar-refractivity contribution in [2.75, 3.05) is 43.4 Å². The van der Waals surface area contributed by atoms with Gasteiger partial charge in [-0.15, -0.1) is 11.3 Å². The number of ether oxygens (including phenoxy) is 1. The molecule has 12 heteroatoms. The van der Waals surface area contributed by atoms with E-state index in [1.807, 2.05) is 6.07 Å². The molecule has 1 saturated heterocycles. The summed E-state index contributed by atoms with van der Waals surface area (Å²) in [6.07, 6.45) is 3.82. The molecule has 41 heavy (non-hydrogen) atoms. The number of rotatable bonds is 10. The predicted octanol–water partition coefficient (Wildman–Crippen LogP) is 1.83. The Labute approximate surface area is 243 Å². The fraction of sp³-hybridized carbons (Fsp3) is 0.483. The van der Waals surface area contributed by atoms with Crippen LogP contribution in [0.15, 0.2) is 23.0 Å². The van der Waals surface area contributed by atoms with Gasteiger partial charge in [-0.25, -0.2) is 4.79 Å². The van der Waals surface area contributed by atoms with Gasteiger partial charge in [0.05, 0.1) is 17.9 Å². The third-order valence-electron chi connectivity index (χ3n) is 6.50. The van der Waals surface area contributed by atoms with Crippen LogP contribution in [-0.2, 0) is 20.9 Å². The Bertz CT molecular complexity index is 1510. The van der Waals surface area contributed by atoms with Gasteiger partial charge in [-0.1, -0.05) is 20.8 Å². The normalized spacial score (nSPS) is 14.8. The van der Waals surface area contributed by atoms with E-state index in [0.29, 0.717) is 23.5 Å². The van der Waals surface area contributed by atoms with E-state index >= 15 is 0 Å². The Morgan fingerprint density at radius 3 is 2.49 bits per heavy atom. The van der Waals surface area contributed by atoms with Gasteiger partial charge >= 0.3 is 5.97 Å². The number of carbonyl (C=O) groups is 3. The number of anilines is 2. The quantitative estimate of drug-likeness (QED) is 0.360. The van der Waals surface area contributed by atoms with E-state index in [1.165, 1.54) is 23.6 Å². The fourth-order valence-corrected chi connectivity index (χ4v) is 5.28. The summed E-state index contributed by atoms with van der Waals surface area (Å²) in [5, 5.41) is 18.4. The first kappa shape index (κ1) is 31.6. The summed E-state index contributed by atoms with van der Waals surface area (Å²) in [7, 11) is 0. The molecule has 0 unspecified atom stereocenters. The lowest BCUT2D eigenvalue weighted by atomic mass is 9.95. The Hall–Kier alpha value is -3.95. The molecule has 220 valence electrons. The van der Waals surface area contributed by atoms with Crippen molar-refractivity contribution in [1.82, 2.24) is 14.8 Å². The highest BCUT2D eigenvalue weighted by Crippen LogP contribution is 2.24. The molecule has 0 bridgehead atoms. The van der Waals surface area contributed by atoms with Gasteiger partial charge in [0, 0.05) is 36.9 Å². The van der Waals surface area contributed by atoms with Crippen LogP contribution < -0.4 is 30.7 Å². The Balaban J connectivity index is 1.93. The van der Waals surface area contributed by atoms with E-state index in [9.17, 15) is 24.4 Å². The molecule has 0 atom stereocenters. The number of benzene rings is 1. The summed E-state index contributed by atoms with van der Waals surface area (Å²) >= 11 is 0.997. The Morgan fingerprint density at radius 2 is 1.88 bits per heavy atom. The van der Waals surface area contributed by atoms with Gasteiger partial charge in [0.25, 0.3) is 11.5 Å². The molecule has 3 N–H and O–H groups in total. The molecule has 1 aliphatic heterocycles. The number of amides is 2. The molecule has 2 aromatic rings. The molecule has 0 saturated carbocycles. The van der Waals surface area contributed by atoms with Gasteiger partial charge in [0.1, 0.15) is 15.3 Å². The third-order valence-corrected chi connectivity index (χ3v) is 7.64. The maximum Gasteiger partial charge on any atom is 0.351 e. The zero-order valence-corrected chi connectivity index (χ0v) is 25.1. The second kappa shape index (κ2) is 14.1. The van der Waals surface area contributed by atoms with E-state index in [4.69, 9.17) is 4.74 Å². The number of nitrogens with zero attached hydrogens (tertiary/aromatic N) is 3. The van der Waals surface area contributed by atoms with Crippen molar-refractivity contribution >= 4 is 52.3 Å². The highest BCUT2D eigenvalue weighted by atomic mass is 32.1. The summed E-state index contributed by atoms with van der Waals surface area (Å²) in [5.74, 6) is -1.33. The van der Waals surface area contributed by atoms with Crippen molar-refractivity contribution in [3.63, 3.8) is 0 Å². The van der Waals surface area contributed by atoms with Crippen molar-refractivity contribution in [2.24, 2.45) is 5.41 Å². The summed E-state index contributed by atoms with van der Waals surface area (Å²) in [4.78, 5) is 53.5. The van der Waals surface area contributed by atoms with E-state index in [-0.39, 0.29) is 45.3 Å². The van der Waals surface area contributed by atoms with Gasteiger partial charge in [-0.3, -0.25) is 19.0 Å². The number of carbonyl (C=O) groups excluding carboxylic acids is 3. The van der Waals surface area contributed by atoms with Crippen LogP contribution in [0.4, 0.5) is 11.4 Å². The standard InChI is InChI=1S/C29H38N6O5S/c1-6-35-25(37)23(41-26(35)21(17-30)27(38)40-7-2)18-32-19-10-11-20(22(16-19)33-28(39)29(3,4)5)24(36)31-12-15-34-13-8-9-14-34/h10-11,16,18,32H,6-9,12-15H2,1-5H3,(H,31,36)(H,33,39). The van der Waals surface area contributed by atoms with Crippen molar-refractivity contribution < 1.29 is 19.1 Å². The van der Waals surface area contributed by atoms with E-state index in [0.717, 1.165) is 31.0 Å². The Morgan fingerprint density at radius 1 is 1.17 bits per heavy atom. The number of nitriles is 1. The van der Waals surface area contributed by atoms with Crippen LogP contribution in [0.5, 0.6) is 0 Å². The zero-order valence-electron chi connectivity index (χ0n) is 24.3. The van der Waals surface area contributed by atoms with Crippen LogP contribution in [0, 0.1) is 16.7 Å². The number of aromatic nitrogens is 1. The van der Waals surface area contributed by atoms with E-state index in [1.54, 1.807) is 52.8 Å².